The molecule has 1 amide bonds. The van der Waals surface area contributed by atoms with E-state index in [4.69, 9.17) is 25.8 Å². The zero-order valence-electron chi connectivity index (χ0n) is 19.9. The van der Waals surface area contributed by atoms with Gasteiger partial charge in [0.25, 0.3) is 0 Å². The first-order chi connectivity index (χ1) is 16.4. The van der Waals surface area contributed by atoms with Crippen LogP contribution in [0.3, 0.4) is 0 Å². The number of rotatable bonds is 5. The van der Waals surface area contributed by atoms with Crippen molar-refractivity contribution in [3.05, 3.63) is 71.6 Å². The van der Waals surface area contributed by atoms with Gasteiger partial charge in [0.2, 0.25) is 12.7 Å². The number of hydrogen-bond donors (Lipinski definition) is 2. The Kier molecular flexibility index (Phi) is 6.70. The van der Waals surface area contributed by atoms with Crippen molar-refractivity contribution in [1.82, 2.24) is 5.01 Å². The summed E-state index contributed by atoms with van der Waals surface area (Å²) in [5.74, 6) is 7.48. The average Bonchev–Trinajstić information content (AvgIpc) is 3.49. The van der Waals surface area contributed by atoms with Gasteiger partial charge in [-0.1, -0.05) is 30.4 Å². The van der Waals surface area contributed by atoms with Gasteiger partial charge in [-0.15, -0.1) is 0 Å². The molecule has 34 heavy (non-hydrogen) atoms. The number of hydrogen-bond acceptors (Lipinski definition) is 7. The van der Waals surface area contributed by atoms with E-state index >= 15 is 0 Å². The van der Waals surface area contributed by atoms with Gasteiger partial charge in [-0.25, -0.2) is 5.84 Å². The maximum atomic E-state index is 13.3. The maximum absolute atomic E-state index is 13.3. The van der Waals surface area contributed by atoms with Crippen LogP contribution in [0.1, 0.15) is 37.8 Å². The number of likely N-dealkylation sites (N-methyl/N-ethyl adjacent to an activating group) is 1. The van der Waals surface area contributed by atoms with Gasteiger partial charge in [-0.3, -0.25) is 4.79 Å². The predicted molar refractivity (Wildman–Crippen MR) is 132 cm³/mol. The van der Waals surface area contributed by atoms with Crippen molar-refractivity contribution in [3.63, 3.8) is 0 Å². The average molecular weight is 465 g/mol. The SMILES string of the molecule is C/C=C\CC/C(N)=C/N(C)N.CCN1C(=O)C2(COc3cc4c(cc32)OCO4)c2ccccc21. The topological polar surface area (TPSA) is 103 Å². The normalized spacial score (nSPS) is 19.7. The molecule has 0 radical (unpaired) electrons. The Balaban J connectivity index is 0.000000214. The Morgan fingerprint density at radius 3 is 2.59 bits per heavy atom. The second-order valence-electron chi connectivity index (χ2n) is 8.44. The molecule has 4 N–H and O–H groups in total. The van der Waals surface area contributed by atoms with Gasteiger partial charge in [0.1, 0.15) is 17.8 Å². The fraction of sp³-hybridized carbons (Fsp3) is 0.346. The highest BCUT2D eigenvalue weighted by Gasteiger charge is 2.57. The number of benzene rings is 2. The summed E-state index contributed by atoms with van der Waals surface area (Å²) in [5, 5.41) is 1.46. The van der Waals surface area contributed by atoms with Crippen LogP contribution in [-0.4, -0.2) is 37.9 Å². The van der Waals surface area contributed by atoms with Crippen LogP contribution in [0.4, 0.5) is 5.69 Å². The van der Waals surface area contributed by atoms with Gasteiger partial charge >= 0.3 is 0 Å². The van der Waals surface area contributed by atoms with Gasteiger partial charge in [0.15, 0.2) is 11.5 Å². The van der Waals surface area contributed by atoms with Crippen molar-refractivity contribution in [2.24, 2.45) is 11.6 Å². The first kappa shape index (κ1) is 23.5. The minimum absolute atomic E-state index is 0.0683. The van der Waals surface area contributed by atoms with E-state index in [-0.39, 0.29) is 12.7 Å². The molecule has 1 spiro atoms. The number of anilines is 1. The van der Waals surface area contributed by atoms with Crippen molar-refractivity contribution < 1.29 is 19.0 Å². The molecule has 180 valence electrons. The molecule has 0 saturated carbocycles. The van der Waals surface area contributed by atoms with Crippen molar-refractivity contribution >= 4 is 11.6 Å². The molecule has 0 aliphatic carbocycles. The summed E-state index contributed by atoms with van der Waals surface area (Å²) in [6.07, 6.45) is 7.67. The van der Waals surface area contributed by atoms with E-state index < -0.39 is 5.41 Å². The van der Waals surface area contributed by atoms with E-state index in [2.05, 4.69) is 6.08 Å². The van der Waals surface area contributed by atoms with Gasteiger partial charge < -0.3 is 29.9 Å². The number of para-hydroxylation sites is 1. The Morgan fingerprint density at radius 2 is 1.88 bits per heavy atom. The summed E-state index contributed by atoms with van der Waals surface area (Å²) < 4.78 is 16.8. The van der Waals surface area contributed by atoms with Crippen LogP contribution in [0.25, 0.3) is 0 Å². The third-order valence-electron chi connectivity index (χ3n) is 6.16. The molecule has 8 heteroatoms. The van der Waals surface area contributed by atoms with Crippen LogP contribution < -0.4 is 30.7 Å². The molecule has 3 aliphatic heterocycles. The largest absolute Gasteiger partial charge is 0.491 e. The standard InChI is InChI=1S/C18H15NO4.C8H17N3/c1-2-19-13-6-4-3-5-11(13)18(17(19)20)9-21-14-8-16-15(7-12(14)18)22-10-23-16;1-3-4-5-6-8(9)7-11(2)10/h3-8H,2,9-10H2,1H3;3-4,7H,5-6,9-10H2,1-2H3/b;4-3-,8-7-. The summed E-state index contributed by atoms with van der Waals surface area (Å²) in [5.41, 5.74) is 8.50. The minimum atomic E-state index is -0.775. The van der Waals surface area contributed by atoms with Gasteiger partial charge in [0, 0.05) is 42.8 Å². The molecule has 8 nitrogen and oxygen atoms in total. The van der Waals surface area contributed by atoms with E-state index in [0.29, 0.717) is 30.4 Å². The van der Waals surface area contributed by atoms with Crippen LogP contribution in [-0.2, 0) is 10.2 Å². The number of ether oxygens (including phenoxy) is 3. The molecular formula is C26H32N4O4. The molecule has 1 unspecified atom stereocenters. The van der Waals surface area contributed by atoms with E-state index in [9.17, 15) is 4.79 Å². The highest BCUT2D eigenvalue weighted by Crippen LogP contribution is 2.54. The van der Waals surface area contributed by atoms with Crippen LogP contribution in [0.5, 0.6) is 17.2 Å². The van der Waals surface area contributed by atoms with Gasteiger partial charge in [0.05, 0.1) is 0 Å². The minimum Gasteiger partial charge on any atom is -0.491 e. The Morgan fingerprint density at radius 1 is 1.15 bits per heavy atom. The third kappa shape index (κ3) is 4.05. The lowest BCUT2D eigenvalue weighted by molar-refractivity contribution is -0.122. The second-order valence-corrected chi connectivity index (χ2v) is 8.44. The Labute approximate surface area is 200 Å². The Hall–Kier alpha value is -3.65. The molecule has 3 heterocycles. The summed E-state index contributed by atoms with van der Waals surface area (Å²) >= 11 is 0. The van der Waals surface area contributed by atoms with Crippen molar-refractivity contribution in [2.75, 3.05) is 31.9 Å². The molecule has 0 saturated heterocycles. The number of hydrazine groups is 1. The molecule has 2 aromatic rings. The number of amides is 1. The molecule has 0 fully saturated rings. The van der Waals surface area contributed by atoms with Crippen molar-refractivity contribution in [1.29, 1.82) is 0 Å². The highest BCUT2D eigenvalue weighted by atomic mass is 16.7. The molecule has 0 aromatic heterocycles. The lowest BCUT2D eigenvalue weighted by atomic mass is 9.77. The zero-order valence-corrected chi connectivity index (χ0v) is 19.9. The maximum Gasteiger partial charge on any atom is 0.245 e. The molecular weight excluding hydrogens is 432 g/mol. The molecule has 3 aliphatic rings. The lowest BCUT2D eigenvalue weighted by Crippen LogP contribution is -2.42. The second kappa shape index (κ2) is 9.69. The van der Waals surface area contributed by atoms with Crippen molar-refractivity contribution in [2.45, 2.75) is 32.1 Å². The summed E-state index contributed by atoms with van der Waals surface area (Å²) in [6, 6.07) is 11.7. The van der Waals surface area contributed by atoms with E-state index in [0.717, 1.165) is 35.4 Å². The summed E-state index contributed by atoms with van der Waals surface area (Å²) in [6.45, 7) is 5.14. The van der Waals surface area contributed by atoms with Crippen LogP contribution in [0.2, 0.25) is 0 Å². The number of carbonyl (C=O) groups excluding carboxylic acids is 1. The third-order valence-corrected chi connectivity index (χ3v) is 6.16. The number of allylic oxidation sites excluding steroid dienone is 3. The lowest BCUT2D eigenvalue weighted by Gasteiger charge is -2.22. The summed E-state index contributed by atoms with van der Waals surface area (Å²) in [7, 11) is 1.75. The number of fused-ring (bicyclic) bond motifs is 5. The van der Waals surface area contributed by atoms with E-state index in [1.165, 1.54) is 5.01 Å². The smallest absolute Gasteiger partial charge is 0.245 e. The molecule has 5 rings (SSSR count). The zero-order chi connectivity index (χ0) is 24.3. The van der Waals surface area contributed by atoms with Gasteiger partial charge in [-0.2, -0.15) is 0 Å². The van der Waals surface area contributed by atoms with E-state index in [1.54, 1.807) is 13.2 Å². The van der Waals surface area contributed by atoms with Gasteiger partial charge in [-0.05, 0) is 44.4 Å². The summed E-state index contributed by atoms with van der Waals surface area (Å²) in [4.78, 5) is 15.1. The monoisotopic (exact) mass is 464 g/mol. The van der Waals surface area contributed by atoms with Crippen LogP contribution in [0, 0.1) is 0 Å². The van der Waals surface area contributed by atoms with E-state index in [1.807, 2.05) is 61.2 Å². The Bertz CT molecular complexity index is 1130. The molecule has 0 bridgehead atoms. The molecule has 1 atom stereocenters. The number of carbonyl (C=O) groups is 1. The van der Waals surface area contributed by atoms with Crippen molar-refractivity contribution in [3.8, 4) is 17.2 Å². The first-order valence-corrected chi connectivity index (χ1v) is 11.5. The molecule has 2 aromatic carbocycles. The highest BCUT2D eigenvalue weighted by molar-refractivity contribution is 6.11. The first-order valence-electron chi connectivity index (χ1n) is 11.5. The van der Waals surface area contributed by atoms with Crippen LogP contribution >= 0.6 is 0 Å². The fourth-order valence-corrected chi connectivity index (χ4v) is 4.62. The number of nitrogens with two attached hydrogens (primary N) is 2. The number of nitrogens with zero attached hydrogens (tertiary/aromatic N) is 2. The predicted octanol–water partition coefficient (Wildman–Crippen LogP) is 3.41. The fourth-order valence-electron chi connectivity index (χ4n) is 4.62. The van der Waals surface area contributed by atoms with Crippen LogP contribution in [0.15, 0.2) is 60.4 Å². The quantitative estimate of drug-likeness (QED) is 0.397.